The maximum atomic E-state index is 12.4. The van der Waals surface area contributed by atoms with Gasteiger partial charge in [-0.05, 0) is 44.0 Å². The van der Waals surface area contributed by atoms with Crippen molar-refractivity contribution in [1.29, 1.82) is 0 Å². The topological polar surface area (TPSA) is 87.7 Å². The molecule has 1 fully saturated rings. The zero-order valence-corrected chi connectivity index (χ0v) is 19.1. The van der Waals surface area contributed by atoms with Gasteiger partial charge in [0.15, 0.2) is 0 Å². The molecule has 7 nitrogen and oxygen atoms in total. The third-order valence-corrected chi connectivity index (χ3v) is 6.73. The van der Waals surface area contributed by atoms with E-state index in [0.717, 1.165) is 25.2 Å². The number of amides is 1. The summed E-state index contributed by atoms with van der Waals surface area (Å²) in [5.41, 5.74) is 2.17. The molecule has 0 saturated carbocycles. The number of nitrogens with one attached hydrogen (secondary N) is 2. The standard InChI is InChI=1S/C23H31N3O4S/c1-17-14-26(15-18(2)30-17)16-21-11-9-20(10-12-21)13-24-23(27)19(3)25-31(28,29)22-7-5-4-6-8-22/h4-12,17-19,25H,13-16H2,1-3H3,(H,24,27)/t17?,18?,19-/m0/s1. The smallest absolute Gasteiger partial charge is 0.241 e. The van der Waals surface area contributed by atoms with E-state index in [1.807, 2.05) is 12.1 Å². The van der Waals surface area contributed by atoms with Crippen LogP contribution in [0.25, 0.3) is 0 Å². The molecule has 1 amide bonds. The van der Waals surface area contributed by atoms with Gasteiger partial charge in [0, 0.05) is 26.2 Å². The minimum absolute atomic E-state index is 0.134. The molecule has 0 aromatic heterocycles. The van der Waals surface area contributed by atoms with E-state index in [1.165, 1.54) is 24.6 Å². The van der Waals surface area contributed by atoms with Crippen LogP contribution in [0.15, 0.2) is 59.5 Å². The molecule has 3 atom stereocenters. The molecule has 31 heavy (non-hydrogen) atoms. The average molecular weight is 446 g/mol. The highest BCUT2D eigenvalue weighted by atomic mass is 32.2. The molecule has 8 heteroatoms. The van der Waals surface area contributed by atoms with Gasteiger partial charge in [0.2, 0.25) is 15.9 Å². The summed E-state index contributed by atoms with van der Waals surface area (Å²) in [6.07, 6.45) is 0.471. The quantitative estimate of drug-likeness (QED) is 0.651. The SMILES string of the molecule is CC1CN(Cc2ccc(CNC(=O)[C@H](C)NS(=O)(=O)c3ccccc3)cc2)CC(C)O1. The van der Waals surface area contributed by atoms with E-state index in [4.69, 9.17) is 4.74 Å². The minimum Gasteiger partial charge on any atom is -0.373 e. The number of benzene rings is 2. The van der Waals surface area contributed by atoms with Crippen LogP contribution in [0.5, 0.6) is 0 Å². The molecule has 1 aliphatic rings. The second kappa shape index (κ2) is 10.4. The van der Waals surface area contributed by atoms with Gasteiger partial charge in [-0.1, -0.05) is 42.5 Å². The van der Waals surface area contributed by atoms with Crippen molar-refractivity contribution in [2.24, 2.45) is 0 Å². The summed E-state index contributed by atoms with van der Waals surface area (Å²) in [7, 11) is -3.74. The Balaban J connectivity index is 1.48. The molecule has 2 aromatic carbocycles. The fourth-order valence-corrected chi connectivity index (χ4v) is 4.95. The van der Waals surface area contributed by atoms with Crippen molar-refractivity contribution < 1.29 is 17.9 Å². The fourth-order valence-electron chi connectivity index (χ4n) is 3.73. The summed E-state index contributed by atoms with van der Waals surface area (Å²) in [6.45, 7) is 8.75. The Morgan fingerprint density at radius 1 is 1.03 bits per heavy atom. The summed E-state index contributed by atoms with van der Waals surface area (Å²) in [5, 5.41) is 2.79. The van der Waals surface area contributed by atoms with Gasteiger partial charge in [0.25, 0.3) is 0 Å². The van der Waals surface area contributed by atoms with Gasteiger partial charge in [-0.15, -0.1) is 0 Å². The Morgan fingerprint density at radius 3 is 2.23 bits per heavy atom. The lowest BCUT2D eigenvalue weighted by atomic mass is 10.1. The van der Waals surface area contributed by atoms with Crippen LogP contribution in [0.3, 0.4) is 0 Å². The Kier molecular flexibility index (Phi) is 7.83. The predicted molar refractivity (Wildman–Crippen MR) is 120 cm³/mol. The number of nitrogens with zero attached hydrogens (tertiary/aromatic N) is 1. The number of hydrogen-bond acceptors (Lipinski definition) is 5. The van der Waals surface area contributed by atoms with Crippen molar-refractivity contribution in [1.82, 2.24) is 14.9 Å². The zero-order valence-electron chi connectivity index (χ0n) is 18.2. The molecule has 168 valence electrons. The maximum absolute atomic E-state index is 12.4. The second-order valence-corrected chi connectivity index (χ2v) is 9.86. The molecule has 2 unspecified atom stereocenters. The van der Waals surface area contributed by atoms with Crippen molar-refractivity contribution in [3.05, 3.63) is 65.7 Å². The highest BCUT2D eigenvalue weighted by Crippen LogP contribution is 2.15. The molecule has 0 radical (unpaired) electrons. The molecule has 1 aliphatic heterocycles. The minimum atomic E-state index is -3.74. The van der Waals surface area contributed by atoms with E-state index in [1.54, 1.807) is 18.2 Å². The predicted octanol–water partition coefficient (Wildman–Crippen LogP) is 2.28. The lowest BCUT2D eigenvalue weighted by Crippen LogP contribution is -2.44. The van der Waals surface area contributed by atoms with Gasteiger partial charge in [-0.25, -0.2) is 8.42 Å². The van der Waals surface area contributed by atoms with Crippen molar-refractivity contribution in [3.63, 3.8) is 0 Å². The first-order valence-electron chi connectivity index (χ1n) is 10.5. The lowest BCUT2D eigenvalue weighted by molar-refractivity contribution is -0.122. The van der Waals surface area contributed by atoms with Crippen molar-refractivity contribution in [2.75, 3.05) is 13.1 Å². The van der Waals surface area contributed by atoms with Crippen LogP contribution in [-0.2, 0) is 32.6 Å². The average Bonchev–Trinajstić information content (AvgIpc) is 2.72. The van der Waals surface area contributed by atoms with Crippen LogP contribution in [0.2, 0.25) is 0 Å². The van der Waals surface area contributed by atoms with Crippen LogP contribution in [0, 0.1) is 0 Å². The molecule has 0 aliphatic carbocycles. The second-order valence-electron chi connectivity index (χ2n) is 8.14. The van der Waals surface area contributed by atoms with E-state index in [0.29, 0.717) is 6.54 Å². The molecule has 1 heterocycles. The summed E-state index contributed by atoms with van der Waals surface area (Å²) < 4.78 is 32.9. The number of morpholine rings is 1. The van der Waals surface area contributed by atoms with Gasteiger partial charge in [0.1, 0.15) is 0 Å². The number of carbonyl (C=O) groups excluding carboxylic acids is 1. The maximum Gasteiger partial charge on any atom is 0.241 e. The van der Waals surface area contributed by atoms with E-state index in [-0.39, 0.29) is 23.0 Å². The molecule has 3 rings (SSSR count). The first-order valence-corrected chi connectivity index (χ1v) is 12.0. The lowest BCUT2D eigenvalue weighted by Gasteiger charge is -2.35. The summed E-state index contributed by atoms with van der Waals surface area (Å²) >= 11 is 0. The monoisotopic (exact) mass is 445 g/mol. The normalized spacial score (nSPS) is 20.9. The van der Waals surface area contributed by atoms with Gasteiger partial charge in [-0.2, -0.15) is 4.72 Å². The number of ether oxygens (including phenoxy) is 1. The summed E-state index contributed by atoms with van der Waals surface area (Å²) in [5.74, 6) is -0.375. The number of carbonyl (C=O) groups is 1. The van der Waals surface area contributed by atoms with Crippen LogP contribution >= 0.6 is 0 Å². The van der Waals surface area contributed by atoms with E-state index in [2.05, 4.69) is 40.9 Å². The third kappa shape index (κ3) is 6.87. The van der Waals surface area contributed by atoms with Crippen LogP contribution in [-0.4, -0.2) is 50.6 Å². The molecule has 1 saturated heterocycles. The van der Waals surface area contributed by atoms with Gasteiger partial charge in [-0.3, -0.25) is 9.69 Å². The number of hydrogen-bond donors (Lipinski definition) is 2. The Hall–Kier alpha value is -2.26. The van der Waals surface area contributed by atoms with E-state index < -0.39 is 16.1 Å². The molecule has 2 N–H and O–H groups in total. The largest absolute Gasteiger partial charge is 0.373 e. The molecule has 0 spiro atoms. The summed E-state index contributed by atoms with van der Waals surface area (Å²) in [6, 6.07) is 15.2. The van der Waals surface area contributed by atoms with Gasteiger partial charge in [0.05, 0.1) is 23.1 Å². The Labute approximate surface area is 184 Å². The van der Waals surface area contributed by atoms with Crippen LogP contribution in [0.1, 0.15) is 31.9 Å². The highest BCUT2D eigenvalue weighted by Gasteiger charge is 2.23. The first kappa shape index (κ1) is 23.4. The molecule has 2 aromatic rings. The fraction of sp³-hybridized carbons (Fsp3) is 0.435. The van der Waals surface area contributed by atoms with E-state index in [9.17, 15) is 13.2 Å². The van der Waals surface area contributed by atoms with Crippen molar-refractivity contribution in [3.8, 4) is 0 Å². The van der Waals surface area contributed by atoms with E-state index >= 15 is 0 Å². The summed E-state index contributed by atoms with van der Waals surface area (Å²) in [4.78, 5) is 14.9. The number of rotatable bonds is 8. The van der Waals surface area contributed by atoms with Crippen molar-refractivity contribution in [2.45, 2.75) is 57.0 Å². The highest BCUT2D eigenvalue weighted by molar-refractivity contribution is 7.89. The van der Waals surface area contributed by atoms with Crippen LogP contribution in [0.4, 0.5) is 0 Å². The van der Waals surface area contributed by atoms with Crippen LogP contribution < -0.4 is 10.0 Å². The Bertz CT molecular complexity index is 954. The molecule has 0 bridgehead atoms. The molecular formula is C23H31N3O4S. The Morgan fingerprint density at radius 2 is 1.61 bits per heavy atom. The molecular weight excluding hydrogens is 414 g/mol. The third-order valence-electron chi connectivity index (χ3n) is 5.17. The van der Waals surface area contributed by atoms with Crippen molar-refractivity contribution >= 4 is 15.9 Å². The first-order chi connectivity index (χ1) is 14.7. The number of sulfonamides is 1. The van der Waals surface area contributed by atoms with Gasteiger partial charge >= 0.3 is 0 Å². The zero-order chi connectivity index (χ0) is 22.4. The van der Waals surface area contributed by atoms with Gasteiger partial charge < -0.3 is 10.1 Å².